The Kier molecular flexibility index (Phi) is 4.13. The third-order valence-electron chi connectivity index (χ3n) is 1.34. The normalized spacial score (nSPS) is 10.4. The molecule has 3 N–H and O–H groups in total. The molecule has 1 rings (SSSR count). The number of benzene rings is 1. The van der Waals surface area contributed by atoms with E-state index in [2.05, 4.69) is 22.7 Å². The molecule has 0 fully saturated rings. The van der Waals surface area contributed by atoms with Crippen molar-refractivity contribution in [3.63, 3.8) is 0 Å². The summed E-state index contributed by atoms with van der Waals surface area (Å²) < 4.78 is 0. The van der Waals surface area contributed by atoms with Gasteiger partial charge in [0.1, 0.15) is 0 Å². The molecule has 3 nitrogen and oxygen atoms in total. The van der Waals surface area contributed by atoms with Crippen LogP contribution in [-0.2, 0) is 0 Å². The fourth-order valence-corrected chi connectivity index (χ4v) is 1.28. The third-order valence-corrected chi connectivity index (χ3v) is 1.99. The van der Waals surface area contributed by atoms with Crippen molar-refractivity contribution in [1.82, 2.24) is 5.43 Å². The second-order valence-electron chi connectivity index (χ2n) is 2.40. The molecule has 0 aliphatic carbocycles. The van der Waals surface area contributed by atoms with E-state index in [9.17, 15) is 0 Å². The van der Waals surface area contributed by atoms with Gasteiger partial charge in [-0.05, 0) is 24.4 Å². The first kappa shape index (κ1) is 11.2. The number of hydrogen-bond acceptors (Lipinski definition) is 2. The average molecular weight is 248 g/mol. The molecule has 0 bridgehead atoms. The topological polar surface area (TPSA) is 50.4 Å². The SMILES string of the molecule is NC(=S)N/N=C/c1ccc(Cl)cc1Cl. The van der Waals surface area contributed by atoms with Crippen molar-refractivity contribution < 1.29 is 0 Å². The predicted molar refractivity (Wildman–Crippen MR) is 64.0 cm³/mol. The van der Waals surface area contributed by atoms with Gasteiger partial charge in [-0.3, -0.25) is 5.43 Å². The lowest BCUT2D eigenvalue weighted by Gasteiger charge is -1.98. The van der Waals surface area contributed by atoms with Crippen molar-refractivity contribution in [3.05, 3.63) is 33.8 Å². The van der Waals surface area contributed by atoms with Gasteiger partial charge in [0.25, 0.3) is 0 Å². The van der Waals surface area contributed by atoms with Gasteiger partial charge in [-0.1, -0.05) is 29.3 Å². The molecule has 0 aliphatic heterocycles. The molecule has 0 radical (unpaired) electrons. The molecule has 0 aliphatic rings. The Bertz CT molecular complexity index is 379. The van der Waals surface area contributed by atoms with Gasteiger partial charge >= 0.3 is 0 Å². The van der Waals surface area contributed by atoms with Crippen LogP contribution in [0.5, 0.6) is 0 Å². The van der Waals surface area contributed by atoms with Crippen LogP contribution < -0.4 is 11.2 Å². The van der Waals surface area contributed by atoms with Gasteiger partial charge in [0.05, 0.1) is 11.2 Å². The Morgan fingerprint density at radius 2 is 2.21 bits per heavy atom. The van der Waals surface area contributed by atoms with Crippen molar-refractivity contribution in [1.29, 1.82) is 0 Å². The number of rotatable bonds is 2. The fourth-order valence-electron chi connectivity index (χ4n) is 0.772. The molecule has 0 aromatic heterocycles. The van der Waals surface area contributed by atoms with Gasteiger partial charge in [0.2, 0.25) is 0 Å². The van der Waals surface area contributed by atoms with Crippen LogP contribution in [0.1, 0.15) is 5.56 Å². The van der Waals surface area contributed by atoms with Gasteiger partial charge in [-0.15, -0.1) is 0 Å². The quantitative estimate of drug-likeness (QED) is 0.479. The third kappa shape index (κ3) is 3.49. The van der Waals surface area contributed by atoms with Crippen LogP contribution in [0, 0.1) is 0 Å². The molecule has 0 unspecified atom stereocenters. The Hall–Kier alpha value is -0.840. The summed E-state index contributed by atoms with van der Waals surface area (Å²) in [5.41, 5.74) is 8.33. The smallest absolute Gasteiger partial charge is 0.184 e. The molecule has 1 aromatic rings. The highest BCUT2D eigenvalue weighted by Gasteiger charge is 1.97. The van der Waals surface area contributed by atoms with Gasteiger partial charge in [0.15, 0.2) is 5.11 Å². The van der Waals surface area contributed by atoms with Crippen LogP contribution in [0.15, 0.2) is 23.3 Å². The highest BCUT2D eigenvalue weighted by molar-refractivity contribution is 7.80. The minimum atomic E-state index is 0.103. The zero-order valence-corrected chi connectivity index (χ0v) is 9.33. The first-order valence-corrected chi connectivity index (χ1v) is 4.79. The van der Waals surface area contributed by atoms with Gasteiger partial charge in [-0.25, -0.2) is 0 Å². The number of thiocarbonyl (C=S) groups is 1. The minimum Gasteiger partial charge on any atom is -0.375 e. The molecule has 1 aromatic carbocycles. The molecular weight excluding hydrogens is 241 g/mol. The van der Waals surface area contributed by atoms with E-state index in [1.807, 2.05) is 0 Å². The molecule has 0 amide bonds. The zero-order chi connectivity index (χ0) is 10.6. The summed E-state index contributed by atoms with van der Waals surface area (Å²) in [6.45, 7) is 0. The maximum Gasteiger partial charge on any atom is 0.184 e. The van der Waals surface area contributed by atoms with E-state index < -0.39 is 0 Å². The summed E-state index contributed by atoms with van der Waals surface area (Å²) in [4.78, 5) is 0. The lowest BCUT2D eigenvalue weighted by Crippen LogP contribution is -2.24. The fraction of sp³-hybridized carbons (Fsp3) is 0. The summed E-state index contributed by atoms with van der Waals surface area (Å²) >= 11 is 16.2. The zero-order valence-electron chi connectivity index (χ0n) is 7.00. The number of nitrogens with zero attached hydrogens (tertiary/aromatic N) is 1. The molecule has 0 saturated heterocycles. The molecule has 0 spiro atoms. The lowest BCUT2D eigenvalue weighted by atomic mass is 10.2. The van der Waals surface area contributed by atoms with Crippen molar-refractivity contribution >= 4 is 46.7 Å². The van der Waals surface area contributed by atoms with Crippen LogP contribution in [0.3, 0.4) is 0 Å². The van der Waals surface area contributed by atoms with Crippen molar-refractivity contribution in [2.45, 2.75) is 0 Å². The molecule has 74 valence electrons. The molecule has 6 heteroatoms. The average Bonchev–Trinajstić information content (AvgIpc) is 2.08. The molecule has 0 atom stereocenters. The Morgan fingerprint density at radius 1 is 1.50 bits per heavy atom. The summed E-state index contributed by atoms with van der Waals surface area (Å²) in [6, 6.07) is 5.09. The predicted octanol–water partition coefficient (Wildman–Crippen LogP) is 2.16. The molecular formula is C8H7Cl2N3S. The maximum absolute atomic E-state index is 5.88. The van der Waals surface area contributed by atoms with Gasteiger partial charge < -0.3 is 5.73 Å². The van der Waals surface area contributed by atoms with Crippen LogP contribution in [0.4, 0.5) is 0 Å². The van der Waals surface area contributed by atoms with Gasteiger partial charge in [-0.2, -0.15) is 5.10 Å². The van der Waals surface area contributed by atoms with Crippen LogP contribution in [0.2, 0.25) is 10.0 Å². The summed E-state index contributed by atoms with van der Waals surface area (Å²) in [5, 5.41) is 4.96. The summed E-state index contributed by atoms with van der Waals surface area (Å²) in [6.07, 6.45) is 1.51. The molecule has 0 saturated carbocycles. The minimum absolute atomic E-state index is 0.103. The molecule has 0 heterocycles. The Balaban J connectivity index is 2.76. The first-order valence-electron chi connectivity index (χ1n) is 3.63. The maximum atomic E-state index is 5.88. The van der Waals surface area contributed by atoms with E-state index in [0.29, 0.717) is 10.0 Å². The highest BCUT2D eigenvalue weighted by Crippen LogP contribution is 2.19. The van der Waals surface area contributed by atoms with E-state index in [4.69, 9.17) is 28.9 Å². The van der Waals surface area contributed by atoms with Gasteiger partial charge in [0, 0.05) is 10.6 Å². The number of nitrogens with one attached hydrogen (secondary N) is 1. The lowest BCUT2D eigenvalue weighted by molar-refractivity contribution is 1.04. The van der Waals surface area contributed by atoms with Crippen LogP contribution in [-0.4, -0.2) is 11.3 Å². The number of hydrogen-bond donors (Lipinski definition) is 2. The van der Waals surface area contributed by atoms with E-state index in [0.717, 1.165) is 5.56 Å². The van der Waals surface area contributed by atoms with E-state index >= 15 is 0 Å². The monoisotopic (exact) mass is 247 g/mol. The first-order chi connectivity index (χ1) is 6.59. The second-order valence-corrected chi connectivity index (χ2v) is 3.68. The second kappa shape index (κ2) is 5.14. The Morgan fingerprint density at radius 3 is 2.79 bits per heavy atom. The van der Waals surface area contributed by atoms with E-state index in [-0.39, 0.29) is 5.11 Å². The van der Waals surface area contributed by atoms with Crippen molar-refractivity contribution in [2.24, 2.45) is 10.8 Å². The van der Waals surface area contributed by atoms with Crippen LogP contribution in [0.25, 0.3) is 0 Å². The van der Waals surface area contributed by atoms with Crippen molar-refractivity contribution in [2.75, 3.05) is 0 Å². The number of halogens is 2. The molecule has 14 heavy (non-hydrogen) atoms. The van der Waals surface area contributed by atoms with E-state index in [1.165, 1.54) is 6.21 Å². The largest absolute Gasteiger partial charge is 0.375 e. The summed E-state index contributed by atoms with van der Waals surface area (Å²) in [5.74, 6) is 0. The van der Waals surface area contributed by atoms with Crippen LogP contribution >= 0.6 is 35.4 Å². The number of nitrogens with two attached hydrogens (primary N) is 1. The van der Waals surface area contributed by atoms with Crippen molar-refractivity contribution in [3.8, 4) is 0 Å². The standard InChI is InChI=1S/C8H7Cl2N3S/c9-6-2-1-5(7(10)3-6)4-12-13-8(11)14/h1-4H,(H3,11,13,14)/b12-4+. The summed E-state index contributed by atoms with van der Waals surface area (Å²) in [7, 11) is 0. The highest BCUT2D eigenvalue weighted by atomic mass is 35.5. The Labute approximate surface area is 96.9 Å². The number of hydrazone groups is 1. The van der Waals surface area contributed by atoms with E-state index in [1.54, 1.807) is 18.2 Å².